The van der Waals surface area contributed by atoms with Crippen LogP contribution in [0, 0.1) is 0 Å². The summed E-state index contributed by atoms with van der Waals surface area (Å²) in [5, 5.41) is 14.5. The molecular weight excluding hydrogens is 234 g/mol. The lowest BCUT2D eigenvalue weighted by Gasteiger charge is -2.35. The Hall–Kier alpha value is -1.40. The molecule has 0 saturated carbocycles. The summed E-state index contributed by atoms with van der Waals surface area (Å²) in [5.41, 5.74) is -0.631. The predicted octanol–water partition coefficient (Wildman–Crippen LogP) is -0.155. The first-order valence-corrected chi connectivity index (χ1v) is 6.06. The molecule has 6 heteroatoms. The first-order valence-electron chi connectivity index (χ1n) is 6.06. The van der Waals surface area contributed by atoms with Crippen LogP contribution in [0.1, 0.15) is 19.8 Å². The highest BCUT2D eigenvalue weighted by Crippen LogP contribution is 2.20. The molecule has 0 aromatic rings. The first kappa shape index (κ1) is 14.7. The van der Waals surface area contributed by atoms with Crippen LogP contribution in [0.15, 0.2) is 12.7 Å². The number of rotatable bonds is 4. The molecule has 1 aliphatic heterocycles. The SMILES string of the molecule is C=CCNC(=O)NC(=O)CN1CCC(C)(O)CC1. The van der Waals surface area contributed by atoms with Gasteiger partial charge in [0, 0.05) is 19.6 Å². The molecule has 0 unspecified atom stereocenters. The highest BCUT2D eigenvalue weighted by atomic mass is 16.3. The number of likely N-dealkylation sites (tertiary alicyclic amines) is 1. The predicted molar refractivity (Wildman–Crippen MR) is 68.0 cm³/mol. The molecule has 1 heterocycles. The molecule has 0 bridgehead atoms. The Balaban J connectivity index is 2.24. The van der Waals surface area contributed by atoms with Gasteiger partial charge in [0.15, 0.2) is 0 Å². The number of hydrogen-bond donors (Lipinski definition) is 3. The Morgan fingerprint density at radius 2 is 2.06 bits per heavy atom. The number of hydrogen-bond acceptors (Lipinski definition) is 4. The fraction of sp³-hybridized carbons (Fsp3) is 0.667. The smallest absolute Gasteiger partial charge is 0.321 e. The van der Waals surface area contributed by atoms with Gasteiger partial charge in [-0.2, -0.15) is 0 Å². The topological polar surface area (TPSA) is 81.7 Å². The van der Waals surface area contributed by atoms with Crippen molar-refractivity contribution in [2.75, 3.05) is 26.2 Å². The second-order valence-electron chi connectivity index (χ2n) is 4.82. The van der Waals surface area contributed by atoms with Crippen LogP contribution in [0.5, 0.6) is 0 Å². The third kappa shape index (κ3) is 5.29. The van der Waals surface area contributed by atoms with Crippen molar-refractivity contribution in [2.45, 2.75) is 25.4 Å². The van der Waals surface area contributed by atoms with Crippen molar-refractivity contribution in [2.24, 2.45) is 0 Å². The fourth-order valence-electron chi connectivity index (χ4n) is 1.77. The number of nitrogens with zero attached hydrogens (tertiary/aromatic N) is 1. The summed E-state index contributed by atoms with van der Waals surface area (Å²) in [6.07, 6.45) is 2.82. The summed E-state index contributed by atoms with van der Waals surface area (Å²) in [5.74, 6) is -0.335. The van der Waals surface area contributed by atoms with Gasteiger partial charge in [0.2, 0.25) is 5.91 Å². The molecule has 0 aliphatic carbocycles. The molecule has 1 fully saturated rings. The molecule has 102 valence electrons. The zero-order valence-electron chi connectivity index (χ0n) is 10.7. The van der Waals surface area contributed by atoms with Gasteiger partial charge in [0.1, 0.15) is 0 Å². The Morgan fingerprint density at radius 1 is 1.44 bits per heavy atom. The maximum atomic E-state index is 11.5. The standard InChI is InChI=1S/C12H21N3O3/c1-3-6-13-11(17)14-10(16)9-15-7-4-12(2,18)5-8-15/h3,18H,1,4-9H2,2H3,(H2,13,14,16,17). The molecule has 1 aliphatic rings. The molecule has 1 saturated heterocycles. The van der Waals surface area contributed by atoms with Gasteiger partial charge in [0.25, 0.3) is 0 Å². The number of nitrogens with one attached hydrogen (secondary N) is 2. The van der Waals surface area contributed by atoms with Gasteiger partial charge in [0.05, 0.1) is 12.1 Å². The lowest BCUT2D eigenvalue weighted by molar-refractivity contribution is -0.122. The Morgan fingerprint density at radius 3 is 2.61 bits per heavy atom. The van der Waals surface area contributed by atoms with Crippen molar-refractivity contribution in [3.63, 3.8) is 0 Å². The van der Waals surface area contributed by atoms with Gasteiger partial charge in [-0.1, -0.05) is 6.08 Å². The van der Waals surface area contributed by atoms with E-state index >= 15 is 0 Å². The maximum Gasteiger partial charge on any atom is 0.321 e. The second kappa shape index (κ2) is 6.51. The zero-order chi connectivity index (χ0) is 13.6. The van der Waals surface area contributed by atoms with Gasteiger partial charge >= 0.3 is 6.03 Å². The molecule has 1 rings (SSSR count). The van der Waals surface area contributed by atoms with Crippen LogP contribution >= 0.6 is 0 Å². The minimum atomic E-state index is -0.631. The van der Waals surface area contributed by atoms with E-state index in [0.29, 0.717) is 32.5 Å². The number of imide groups is 1. The van der Waals surface area contributed by atoms with E-state index in [1.807, 2.05) is 4.90 Å². The highest BCUT2D eigenvalue weighted by molar-refractivity contribution is 5.95. The summed E-state index contributed by atoms with van der Waals surface area (Å²) < 4.78 is 0. The molecule has 0 atom stereocenters. The van der Waals surface area contributed by atoms with E-state index in [4.69, 9.17) is 0 Å². The average molecular weight is 255 g/mol. The molecule has 0 aromatic heterocycles. The number of carbonyl (C=O) groups is 2. The largest absolute Gasteiger partial charge is 0.390 e. The monoisotopic (exact) mass is 255 g/mol. The van der Waals surface area contributed by atoms with Crippen molar-refractivity contribution >= 4 is 11.9 Å². The quantitative estimate of drug-likeness (QED) is 0.610. The number of amides is 3. The normalized spacial score (nSPS) is 19.0. The molecular formula is C12H21N3O3. The van der Waals surface area contributed by atoms with E-state index < -0.39 is 11.6 Å². The first-order chi connectivity index (χ1) is 8.43. The molecule has 0 radical (unpaired) electrons. The second-order valence-corrected chi connectivity index (χ2v) is 4.82. The number of aliphatic hydroxyl groups is 1. The molecule has 6 nitrogen and oxygen atoms in total. The number of urea groups is 1. The van der Waals surface area contributed by atoms with Crippen LogP contribution in [0.2, 0.25) is 0 Å². The van der Waals surface area contributed by atoms with Gasteiger partial charge < -0.3 is 10.4 Å². The van der Waals surface area contributed by atoms with Crippen LogP contribution in [-0.2, 0) is 4.79 Å². The summed E-state index contributed by atoms with van der Waals surface area (Å²) in [6.45, 7) is 7.08. The molecule has 3 N–H and O–H groups in total. The minimum Gasteiger partial charge on any atom is -0.390 e. The Kier molecular flexibility index (Phi) is 5.30. The van der Waals surface area contributed by atoms with Crippen LogP contribution in [0.25, 0.3) is 0 Å². The third-order valence-corrected chi connectivity index (χ3v) is 2.96. The Bertz CT molecular complexity index is 319. The van der Waals surface area contributed by atoms with Crippen LogP contribution in [-0.4, -0.2) is 53.7 Å². The summed E-state index contributed by atoms with van der Waals surface area (Å²) in [7, 11) is 0. The minimum absolute atomic E-state index is 0.178. The van der Waals surface area contributed by atoms with E-state index in [2.05, 4.69) is 17.2 Å². The van der Waals surface area contributed by atoms with Gasteiger partial charge in [-0.3, -0.25) is 15.0 Å². The van der Waals surface area contributed by atoms with Crippen LogP contribution < -0.4 is 10.6 Å². The zero-order valence-corrected chi connectivity index (χ0v) is 10.7. The van der Waals surface area contributed by atoms with Gasteiger partial charge in [-0.15, -0.1) is 6.58 Å². The van der Waals surface area contributed by atoms with E-state index in [1.165, 1.54) is 6.08 Å². The van der Waals surface area contributed by atoms with Crippen LogP contribution in [0.3, 0.4) is 0 Å². The molecule has 18 heavy (non-hydrogen) atoms. The number of piperidine rings is 1. The summed E-state index contributed by atoms with van der Waals surface area (Å²) >= 11 is 0. The van der Waals surface area contributed by atoms with E-state index in [9.17, 15) is 14.7 Å². The van der Waals surface area contributed by atoms with Gasteiger partial charge in [-0.05, 0) is 19.8 Å². The van der Waals surface area contributed by atoms with E-state index in [-0.39, 0.29) is 12.5 Å². The van der Waals surface area contributed by atoms with Crippen molar-refractivity contribution in [3.05, 3.63) is 12.7 Å². The average Bonchev–Trinajstić information content (AvgIpc) is 2.29. The molecule has 0 aromatic carbocycles. The van der Waals surface area contributed by atoms with Crippen molar-refractivity contribution in [3.8, 4) is 0 Å². The molecule has 3 amide bonds. The van der Waals surface area contributed by atoms with Crippen molar-refractivity contribution in [1.29, 1.82) is 0 Å². The van der Waals surface area contributed by atoms with Crippen molar-refractivity contribution in [1.82, 2.24) is 15.5 Å². The third-order valence-electron chi connectivity index (χ3n) is 2.96. The summed E-state index contributed by atoms with van der Waals surface area (Å²) in [6, 6.07) is -0.510. The number of carbonyl (C=O) groups excluding carboxylic acids is 2. The lowest BCUT2D eigenvalue weighted by Crippen LogP contribution is -2.48. The van der Waals surface area contributed by atoms with E-state index in [0.717, 1.165) is 0 Å². The van der Waals surface area contributed by atoms with Crippen molar-refractivity contribution < 1.29 is 14.7 Å². The van der Waals surface area contributed by atoms with Gasteiger partial charge in [-0.25, -0.2) is 4.79 Å². The van der Waals surface area contributed by atoms with Crippen LogP contribution in [0.4, 0.5) is 4.79 Å². The lowest BCUT2D eigenvalue weighted by atomic mass is 9.94. The molecule has 0 spiro atoms. The fourth-order valence-corrected chi connectivity index (χ4v) is 1.77. The highest BCUT2D eigenvalue weighted by Gasteiger charge is 2.28. The van der Waals surface area contributed by atoms with E-state index in [1.54, 1.807) is 6.92 Å². The maximum absolute atomic E-state index is 11.5. The summed E-state index contributed by atoms with van der Waals surface area (Å²) in [4.78, 5) is 24.7. The Labute approximate surface area is 107 Å².